The second kappa shape index (κ2) is 7.20. The highest BCUT2D eigenvalue weighted by atomic mass is 32.2. The van der Waals surface area contributed by atoms with Gasteiger partial charge in [0, 0.05) is 24.4 Å². The number of thioether (sulfide) groups is 1. The number of amides is 2. The fraction of sp³-hybridized carbons (Fsp3) is 0.857. The van der Waals surface area contributed by atoms with Crippen molar-refractivity contribution in [2.75, 3.05) is 18.8 Å². The topological polar surface area (TPSA) is 69.6 Å². The highest BCUT2D eigenvalue weighted by Gasteiger charge is 2.31. The van der Waals surface area contributed by atoms with Crippen molar-refractivity contribution in [3.63, 3.8) is 0 Å². The van der Waals surface area contributed by atoms with Crippen LogP contribution in [-0.2, 0) is 4.79 Å². The molecule has 5 nitrogen and oxygen atoms in total. The highest BCUT2D eigenvalue weighted by Crippen LogP contribution is 2.29. The Labute approximate surface area is 124 Å². The molecule has 2 rings (SSSR count). The number of nitrogens with one attached hydrogen (secondary N) is 1. The van der Waals surface area contributed by atoms with Crippen LogP contribution in [0, 0.1) is 5.92 Å². The number of piperidine rings is 1. The zero-order valence-electron chi connectivity index (χ0n) is 12.0. The number of rotatable bonds is 4. The molecule has 0 radical (unpaired) electrons. The molecule has 1 aliphatic heterocycles. The van der Waals surface area contributed by atoms with E-state index in [2.05, 4.69) is 12.2 Å². The van der Waals surface area contributed by atoms with Gasteiger partial charge in [0.25, 0.3) is 0 Å². The summed E-state index contributed by atoms with van der Waals surface area (Å²) in [6.07, 6.45) is 4.71. The Morgan fingerprint density at radius 1 is 1.35 bits per heavy atom. The third-order valence-electron chi connectivity index (χ3n) is 4.17. The minimum absolute atomic E-state index is 0.0805. The first-order valence-corrected chi connectivity index (χ1v) is 8.54. The monoisotopic (exact) mass is 300 g/mol. The van der Waals surface area contributed by atoms with Gasteiger partial charge in [0.15, 0.2) is 0 Å². The summed E-state index contributed by atoms with van der Waals surface area (Å²) in [4.78, 5) is 24.9. The van der Waals surface area contributed by atoms with E-state index < -0.39 is 11.9 Å². The molecule has 1 saturated heterocycles. The number of hydrogen-bond acceptors (Lipinski definition) is 3. The summed E-state index contributed by atoms with van der Waals surface area (Å²) in [7, 11) is 0. The predicted octanol–water partition coefficient (Wildman–Crippen LogP) is 2.17. The third kappa shape index (κ3) is 4.04. The zero-order valence-corrected chi connectivity index (χ0v) is 12.8. The molecule has 2 aliphatic rings. The summed E-state index contributed by atoms with van der Waals surface area (Å²) in [5.74, 6) is -0.0677. The van der Waals surface area contributed by atoms with Crippen molar-refractivity contribution in [2.45, 2.75) is 50.3 Å². The van der Waals surface area contributed by atoms with E-state index in [4.69, 9.17) is 5.11 Å². The van der Waals surface area contributed by atoms with Crippen LogP contribution in [-0.4, -0.2) is 52.1 Å². The van der Waals surface area contributed by atoms with E-state index in [1.165, 1.54) is 6.42 Å². The maximum Gasteiger partial charge on any atom is 0.317 e. The molecule has 1 saturated carbocycles. The van der Waals surface area contributed by atoms with Gasteiger partial charge in [-0.3, -0.25) is 4.79 Å². The van der Waals surface area contributed by atoms with Gasteiger partial charge in [-0.15, -0.1) is 0 Å². The SMILES string of the molecule is CCSC1CCC(NC(=O)N2CCC[C@@H](C(=O)O)C2)C1. The van der Waals surface area contributed by atoms with Crippen molar-refractivity contribution < 1.29 is 14.7 Å². The van der Waals surface area contributed by atoms with Gasteiger partial charge in [0.05, 0.1) is 5.92 Å². The standard InChI is InChI=1S/C14H24N2O3S/c1-2-20-12-6-5-11(8-12)15-14(19)16-7-3-4-10(9-16)13(17)18/h10-12H,2-9H2,1H3,(H,15,19)(H,17,18)/t10-,11?,12?/m1/s1. The van der Waals surface area contributed by atoms with Gasteiger partial charge < -0.3 is 15.3 Å². The molecule has 0 aromatic rings. The smallest absolute Gasteiger partial charge is 0.317 e. The molecule has 2 fully saturated rings. The molecule has 3 atom stereocenters. The lowest BCUT2D eigenvalue weighted by atomic mass is 9.99. The number of aliphatic carboxylic acids is 1. The molecular formula is C14H24N2O3S. The van der Waals surface area contributed by atoms with Crippen molar-refractivity contribution >= 4 is 23.8 Å². The molecule has 0 bridgehead atoms. The van der Waals surface area contributed by atoms with Crippen LogP contribution in [0.4, 0.5) is 4.79 Å². The molecule has 2 unspecified atom stereocenters. The fourth-order valence-corrected chi connectivity index (χ4v) is 4.23. The van der Waals surface area contributed by atoms with Crippen molar-refractivity contribution in [1.29, 1.82) is 0 Å². The largest absolute Gasteiger partial charge is 0.481 e. The zero-order chi connectivity index (χ0) is 14.5. The van der Waals surface area contributed by atoms with E-state index in [1.807, 2.05) is 11.8 Å². The molecule has 0 spiro atoms. The number of nitrogens with zero attached hydrogens (tertiary/aromatic N) is 1. The molecular weight excluding hydrogens is 276 g/mol. The predicted molar refractivity (Wildman–Crippen MR) is 80.0 cm³/mol. The van der Waals surface area contributed by atoms with Crippen LogP contribution in [0.5, 0.6) is 0 Å². The molecule has 1 aliphatic carbocycles. The van der Waals surface area contributed by atoms with Gasteiger partial charge >= 0.3 is 12.0 Å². The van der Waals surface area contributed by atoms with Gasteiger partial charge in [-0.2, -0.15) is 11.8 Å². The number of likely N-dealkylation sites (tertiary alicyclic amines) is 1. The van der Waals surface area contributed by atoms with E-state index in [0.717, 1.165) is 25.0 Å². The highest BCUT2D eigenvalue weighted by molar-refractivity contribution is 7.99. The van der Waals surface area contributed by atoms with Crippen LogP contribution in [0.1, 0.15) is 39.0 Å². The lowest BCUT2D eigenvalue weighted by Crippen LogP contribution is -2.49. The van der Waals surface area contributed by atoms with Gasteiger partial charge in [0.2, 0.25) is 0 Å². The first kappa shape index (κ1) is 15.5. The van der Waals surface area contributed by atoms with E-state index >= 15 is 0 Å². The Morgan fingerprint density at radius 3 is 2.85 bits per heavy atom. The third-order valence-corrected chi connectivity index (χ3v) is 5.41. The molecule has 0 aromatic heterocycles. The maximum absolute atomic E-state index is 12.2. The second-order valence-electron chi connectivity index (χ2n) is 5.66. The van der Waals surface area contributed by atoms with Crippen LogP contribution in [0.15, 0.2) is 0 Å². The van der Waals surface area contributed by atoms with Crippen LogP contribution in [0.3, 0.4) is 0 Å². The minimum Gasteiger partial charge on any atom is -0.481 e. The van der Waals surface area contributed by atoms with E-state index in [1.54, 1.807) is 4.90 Å². The fourth-order valence-electron chi connectivity index (χ4n) is 3.09. The molecule has 1 heterocycles. The number of carbonyl (C=O) groups is 2. The summed E-state index contributed by atoms with van der Waals surface area (Å²) in [5, 5.41) is 12.8. The average molecular weight is 300 g/mol. The summed E-state index contributed by atoms with van der Waals surface area (Å²) >= 11 is 1.97. The Kier molecular flexibility index (Phi) is 5.57. The van der Waals surface area contributed by atoms with Crippen molar-refractivity contribution in [1.82, 2.24) is 10.2 Å². The van der Waals surface area contributed by atoms with Crippen molar-refractivity contribution in [3.8, 4) is 0 Å². The average Bonchev–Trinajstić information content (AvgIpc) is 2.86. The Morgan fingerprint density at radius 2 is 2.15 bits per heavy atom. The summed E-state index contributed by atoms with van der Waals surface area (Å²) in [6, 6.07) is 0.180. The molecule has 6 heteroatoms. The van der Waals surface area contributed by atoms with Crippen LogP contribution in [0.25, 0.3) is 0 Å². The molecule has 114 valence electrons. The number of urea groups is 1. The molecule has 20 heavy (non-hydrogen) atoms. The molecule has 2 amide bonds. The Hall–Kier alpha value is -0.910. The van der Waals surface area contributed by atoms with Gasteiger partial charge in [0.1, 0.15) is 0 Å². The van der Waals surface area contributed by atoms with E-state index in [-0.39, 0.29) is 12.1 Å². The quantitative estimate of drug-likeness (QED) is 0.835. The van der Waals surface area contributed by atoms with Crippen molar-refractivity contribution in [3.05, 3.63) is 0 Å². The van der Waals surface area contributed by atoms with Gasteiger partial charge in [-0.1, -0.05) is 6.92 Å². The molecule has 2 N–H and O–H groups in total. The summed E-state index contributed by atoms with van der Waals surface area (Å²) < 4.78 is 0. The Bertz CT molecular complexity index is 364. The van der Waals surface area contributed by atoms with E-state index in [0.29, 0.717) is 24.8 Å². The van der Waals surface area contributed by atoms with Crippen molar-refractivity contribution in [2.24, 2.45) is 5.92 Å². The lowest BCUT2D eigenvalue weighted by Gasteiger charge is -2.31. The molecule has 0 aromatic carbocycles. The lowest BCUT2D eigenvalue weighted by molar-refractivity contribution is -0.143. The number of hydrogen-bond donors (Lipinski definition) is 2. The maximum atomic E-state index is 12.2. The van der Waals surface area contributed by atoms with Gasteiger partial charge in [-0.05, 0) is 37.9 Å². The first-order valence-electron chi connectivity index (χ1n) is 7.50. The number of carboxylic acid groups (broad SMARTS) is 1. The van der Waals surface area contributed by atoms with Gasteiger partial charge in [-0.25, -0.2) is 4.79 Å². The van der Waals surface area contributed by atoms with Crippen LogP contribution < -0.4 is 5.32 Å². The Balaban J connectivity index is 1.78. The van der Waals surface area contributed by atoms with E-state index in [9.17, 15) is 9.59 Å². The summed E-state index contributed by atoms with van der Waals surface area (Å²) in [5.41, 5.74) is 0. The number of carbonyl (C=O) groups excluding carboxylic acids is 1. The number of carboxylic acids is 1. The van der Waals surface area contributed by atoms with Crippen LogP contribution in [0.2, 0.25) is 0 Å². The first-order chi connectivity index (χ1) is 9.60. The minimum atomic E-state index is -0.789. The summed E-state index contributed by atoms with van der Waals surface area (Å²) in [6.45, 7) is 3.19. The normalized spacial score (nSPS) is 30.2. The van der Waals surface area contributed by atoms with Crippen LogP contribution >= 0.6 is 11.8 Å². The second-order valence-corrected chi connectivity index (χ2v) is 7.24.